The summed E-state index contributed by atoms with van der Waals surface area (Å²) in [4.78, 5) is 4.05. The Morgan fingerprint density at radius 2 is 1.84 bits per heavy atom. The van der Waals surface area contributed by atoms with E-state index in [1.165, 1.54) is 24.3 Å². The molecule has 0 radical (unpaired) electrons. The van der Waals surface area contributed by atoms with Gasteiger partial charge in [-0.25, -0.2) is 12.8 Å². The van der Waals surface area contributed by atoms with Crippen LogP contribution in [0.2, 0.25) is 0 Å². The molecule has 0 saturated heterocycles. The molecule has 0 N–H and O–H groups in total. The Balaban J connectivity index is 1.86. The molecular formula is C22H22F4N2O2S. The Hall–Kier alpha value is -2.52. The number of alkyl halides is 3. The van der Waals surface area contributed by atoms with Gasteiger partial charge in [-0.1, -0.05) is 42.5 Å². The van der Waals surface area contributed by atoms with Crippen LogP contribution in [0.4, 0.5) is 17.6 Å². The maximum Gasteiger partial charge on any atom is 0.402 e. The van der Waals surface area contributed by atoms with Gasteiger partial charge in [-0.05, 0) is 36.1 Å². The van der Waals surface area contributed by atoms with Crippen LogP contribution in [-0.4, -0.2) is 31.7 Å². The summed E-state index contributed by atoms with van der Waals surface area (Å²) < 4.78 is 79.9. The Morgan fingerprint density at radius 3 is 2.45 bits per heavy atom. The topological polar surface area (TPSA) is 49.7 Å². The van der Waals surface area contributed by atoms with E-state index in [0.717, 1.165) is 5.57 Å². The fraction of sp³-hybridized carbons (Fsp3) is 0.318. The van der Waals surface area contributed by atoms with Gasteiger partial charge in [0.25, 0.3) is 0 Å². The maximum absolute atomic E-state index is 14.8. The number of rotatable bonds is 7. The molecule has 0 saturated carbocycles. The quantitative estimate of drug-likeness (QED) is 0.541. The molecule has 1 aliphatic heterocycles. The van der Waals surface area contributed by atoms with Crippen molar-refractivity contribution in [2.24, 2.45) is 4.99 Å². The third kappa shape index (κ3) is 6.24. The first-order valence-corrected chi connectivity index (χ1v) is 11.2. The zero-order valence-corrected chi connectivity index (χ0v) is 17.6. The van der Waals surface area contributed by atoms with Gasteiger partial charge in [0.05, 0.1) is 5.75 Å². The second-order valence-electron chi connectivity index (χ2n) is 7.47. The van der Waals surface area contributed by atoms with E-state index in [9.17, 15) is 26.0 Å². The molecule has 0 bridgehead atoms. The van der Waals surface area contributed by atoms with E-state index in [4.69, 9.17) is 0 Å². The first-order valence-electron chi connectivity index (χ1n) is 9.60. The molecule has 9 heteroatoms. The predicted molar refractivity (Wildman–Crippen MR) is 112 cm³/mol. The molecule has 166 valence electrons. The van der Waals surface area contributed by atoms with Crippen LogP contribution in [-0.2, 0) is 22.3 Å². The summed E-state index contributed by atoms with van der Waals surface area (Å²) in [6.45, 7) is -0.528. The molecule has 1 unspecified atom stereocenters. The molecule has 1 heterocycles. The minimum atomic E-state index is -4.76. The molecule has 31 heavy (non-hydrogen) atoms. The third-order valence-electron chi connectivity index (χ3n) is 5.04. The van der Waals surface area contributed by atoms with E-state index >= 15 is 0 Å². The highest BCUT2D eigenvalue weighted by Crippen LogP contribution is 2.31. The first kappa shape index (κ1) is 23.1. The SMILES string of the molecule is CC1=CN=CCC1c1ccc(CN(CC(F)(F)F)S(=O)(=O)Cc2ccccc2)c(F)c1. The summed E-state index contributed by atoms with van der Waals surface area (Å²) in [5, 5.41) is 0. The molecule has 0 spiro atoms. The summed E-state index contributed by atoms with van der Waals surface area (Å²) >= 11 is 0. The smallest absolute Gasteiger partial charge is 0.269 e. The fourth-order valence-electron chi connectivity index (χ4n) is 3.44. The van der Waals surface area contributed by atoms with Gasteiger partial charge < -0.3 is 0 Å². The molecule has 0 aliphatic carbocycles. The van der Waals surface area contributed by atoms with Crippen LogP contribution in [0.1, 0.15) is 36.0 Å². The molecule has 2 aromatic rings. The van der Waals surface area contributed by atoms with Crippen molar-refractivity contribution in [2.75, 3.05) is 6.54 Å². The molecule has 0 aromatic heterocycles. The lowest BCUT2D eigenvalue weighted by atomic mass is 9.88. The van der Waals surface area contributed by atoms with E-state index in [1.807, 2.05) is 6.92 Å². The molecule has 0 amide bonds. The number of aliphatic imine (C=N–C) groups is 1. The van der Waals surface area contributed by atoms with Crippen molar-refractivity contribution < 1.29 is 26.0 Å². The average Bonchev–Trinajstić information content (AvgIpc) is 2.69. The van der Waals surface area contributed by atoms with Crippen LogP contribution in [0, 0.1) is 5.82 Å². The normalized spacial score (nSPS) is 17.1. The van der Waals surface area contributed by atoms with Crippen molar-refractivity contribution in [3.63, 3.8) is 0 Å². The zero-order chi connectivity index (χ0) is 22.6. The van der Waals surface area contributed by atoms with Gasteiger partial charge in [-0.2, -0.15) is 17.5 Å². The summed E-state index contributed by atoms with van der Waals surface area (Å²) in [7, 11) is -4.34. The second-order valence-corrected chi connectivity index (χ2v) is 9.44. The van der Waals surface area contributed by atoms with Crippen LogP contribution >= 0.6 is 0 Å². The van der Waals surface area contributed by atoms with E-state index in [0.29, 0.717) is 17.5 Å². The molecular weight excluding hydrogens is 432 g/mol. The van der Waals surface area contributed by atoms with E-state index < -0.39 is 40.9 Å². The van der Waals surface area contributed by atoms with Crippen LogP contribution in [0.15, 0.2) is 65.3 Å². The predicted octanol–water partition coefficient (Wildman–Crippen LogP) is 5.18. The number of halogens is 4. The summed E-state index contributed by atoms with van der Waals surface area (Å²) in [6, 6.07) is 12.1. The van der Waals surface area contributed by atoms with Crippen LogP contribution in [0.5, 0.6) is 0 Å². The van der Waals surface area contributed by atoms with Crippen molar-refractivity contribution >= 4 is 16.2 Å². The second kappa shape index (κ2) is 9.32. The Labute approximate surface area is 179 Å². The van der Waals surface area contributed by atoms with Crippen molar-refractivity contribution in [3.8, 4) is 0 Å². The third-order valence-corrected chi connectivity index (χ3v) is 6.78. The van der Waals surface area contributed by atoms with E-state index in [-0.39, 0.29) is 15.8 Å². The summed E-state index contributed by atoms with van der Waals surface area (Å²) in [5.41, 5.74) is 1.84. The molecule has 3 rings (SSSR count). The number of nitrogens with zero attached hydrogens (tertiary/aromatic N) is 2. The lowest BCUT2D eigenvalue weighted by Crippen LogP contribution is -2.39. The van der Waals surface area contributed by atoms with Crippen molar-refractivity contribution in [3.05, 3.63) is 82.8 Å². The minimum Gasteiger partial charge on any atom is -0.269 e. The maximum atomic E-state index is 14.8. The van der Waals surface area contributed by atoms with Gasteiger partial charge in [0.15, 0.2) is 0 Å². The lowest BCUT2D eigenvalue weighted by molar-refractivity contribution is -0.137. The number of hydrogen-bond donors (Lipinski definition) is 0. The number of allylic oxidation sites excluding steroid dienone is 1. The minimum absolute atomic E-state index is 0.0749. The standard InChI is InChI=1S/C22H22F4N2O2S/c1-16-12-27-10-9-20(16)18-7-8-19(21(23)11-18)13-28(15-22(24,25)26)31(29,30)14-17-5-3-2-4-6-17/h2-8,10-12,20H,9,13-15H2,1H3. The van der Waals surface area contributed by atoms with Gasteiger partial charge in [-0.15, -0.1) is 0 Å². The van der Waals surface area contributed by atoms with Crippen LogP contribution in [0.25, 0.3) is 0 Å². The van der Waals surface area contributed by atoms with Gasteiger partial charge >= 0.3 is 6.18 Å². The van der Waals surface area contributed by atoms with Crippen LogP contribution < -0.4 is 0 Å². The Morgan fingerprint density at radius 1 is 1.13 bits per heavy atom. The summed E-state index contributed by atoms with van der Waals surface area (Å²) in [5.74, 6) is -1.42. The number of sulfonamides is 1. The van der Waals surface area contributed by atoms with Crippen molar-refractivity contribution in [2.45, 2.75) is 37.7 Å². The largest absolute Gasteiger partial charge is 0.402 e. The number of hydrogen-bond acceptors (Lipinski definition) is 3. The van der Waals surface area contributed by atoms with Gasteiger partial charge in [-0.3, -0.25) is 4.99 Å². The fourth-order valence-corrected chi connectivity index (χ4v) is 4.91. The van der Waals surface area contributed by atoms with Crippen LogP contribution in [0.3, 0.4) is 0 Å². The average molecular weight is 454 g/mol. The highest BCUT2D eigenvalue weighted by Gasteiger charge is 2.36. The molecule has 2 aromatic carbocycles. The Bertz CT molecular complexity index is 1080. The van der Waals surface area contributed by atoms with Gasteiger partial charge in [0.1, 0.15) is 12.4 Å². The van der Waals surface area contributed by atoms with E-state index in [1.54, 1.807) is 36.7 Å². The zero-order valence-electron chi connectivity index (χ0n) is 16.8. The highest BCUT2D eigenvalue weighted by molar-refractivity contribution is 7.88. The Kier molecular flexibility index (Phi) is 6.96. The molecule has 1 aliphatic rings. The summed E-state index contributed by atoms with van der Waals surface area (Å²) in [6.07, 6.45) is -0.776. The lowest BCUT2D eigenvalue weighted by Gasteiger charge is -2.24. The molecule has 0 fully saturated rings. The van der Waals surface area contributed by atoms with Gasteiger partial charge in [0, 0.05) is 30.4 Å². The van der Waals surface area contributed by atoms with Crippen molar-refractivity contribution in [1.29, 1.82) is 0 Å². The first-order chi connectivity index (χ1) is 14.5. The number of benzene rings is 2. The molecule has 4 nitrogen and oxygen atoms in total. The highest BCUT2D eigenvalue weighted by atomic mass is 32.2. The molecule has 1 atom stereocenters. The monoisotopic (exact) mass is 454 g/mol. The van der Waals surface area contributed by atoms with E-state index in [2.05, 4.69) is 4.99 Å². The van der Waals surface area contributed by atoms with Gasteiger partial charge in [0.2, 0.25) is 10.0 Å². The van der Waals surface area contributed by atoms with Crippen molar-refractivity contribution in [1.82, 2.24) is 4.31 Å².